The van der Waals surface area contributed by atoms with Crippen molar-refractivity contribution in [3.8, 4) is 5.75 Å². The first kappa shape index (κ1) is 15.0. The van der Waals surface area contributed by atoms with E-state index in [0.717, 1.165) is 12.3 Å². The first-order chi connectivity index (χ1) is 8.42. The highest BCUT2D eigenvalue weighted by molar-refractivity contribution is 5.41. The van der Waals surface area contributed by atoms with Gasteiger partial charge in [-0.3, -0.25) is 5.32 Å². The van der Waals surface area contributed by atoms with Crippen LogP contribution in [0.5, 0.6) is 5.75 Å². The van der Waals surface area contributed by atoms with Gasteiger partial charge in [0.2, 0.25) is 0 Å². The normalized spacial score (nSPS) is 11.9. The number of aliphatic hydroxyl groups is 1. The van der Waals surface area contributed by atoms with Crippen LogP contribution in [0.2, 0.25) is 0 Å². The average molecular weight is 251 g/mol. The van der Waals surface area contributed by atoms with Crippen molar-refractivity contribution in [2.24, 2.45) is 0 Å². The Morgan fingerprint density at radius 1 is 1.33 bits per heavy atom. The van der Waals surface area contributed by atoms with Crippen molar-refractivity contribution in [1.82, 2.24) is 5.32 Å². The summed E-state index contributed by atoms with van der Waals surface area (Å²) < 4.78 is 5.40. The van der Waals surface area contributed by atoms with Crippen molar-refractivity contribution < 1.29 is 9.84 Å². The minimum atomic E-state index is -0.0152. The molecule has 0 unspecified atom stereocenters. The molecule has 0 aliphatic carbocycles. The molecule has 0 fully saturated rings. The summed E-state index contributed by atoms with van der Waals surface area (Å²) in [6, 6.07) is 6.34. The van der Waals surface area contributed by atoms with Gasteiger partial charge in [0.05, 0.1) is 13.8 Å². The van der Waals surface area contributed by atoms with Crippen molar-refractivity contribution >= 4 is 0 Å². The predicted octanol–water partition coefficient (Wildman–Crippen LogP) is 2.64. The molecule has 0 bridgehead atoms. The number of aliphatic hydroxyl groups excluding tert-OH is 1. The number of methoxy groups -OCH3 is 1. The van der Waals surface area contributed by atoms with E-state index in [1.165, 1.54) is 11.1 Å². The molecule has 3 heteroatoms. The van der Waals surface area contributed by atoms with Gasteiger partial charge in [-0.15, -0.1) is 0 Å². The van der Waals surface area contributed by atoms with Crippen molar-refractivity contribution in [2.45, 2.75) is 39.0 Å². The Morgan fingerprint density at radius 3 is 2.50 bits per heavy atom. The summed E-state index contributed by atoms with van der Waals surface area (Å²) in [6.45, 7) is 9.42. The van der Waals surface area contributed by atoms with Gasteiger partial charge in [-0.2, -0.15) is 0 Å². The summed E-state index contributed by atoms with van der Waals surface area (Å²) in [7, 11) is 1.71. The maximum atomic E-state index is 8.87. The molecular formula is C15H25NO2. The number of nitrogens with one attached hydrogen (secondary N) is 1. The molecule has 0 amide bonds. The number of rotatable bonds is 6. The molecule has 1 aromatic rings. The number of hydrogen-bond donors (Lipinski definition) is 2. The fourth-order valence-corrected chi connectivity index (χ4v) is 2.08. The Bertz CT molecular complexity index is 386. The largest absolute Gasteiger partial charge is 0.496 e. The van der Waals surface area contributed by atoms with Crippen LogP contribution in [0, 0.1) is 0 Å². The number of hydrogen-bond acceptors (Lipinski definition) is 3. The maximum absolute atomic E-state index is 8.87. The van der Waals surface area contributed by atoms with E-state index in [9.17, 15) is 0 Å². The summed E-state index contributed by atoms with van der Waals surface area (Å²) >= 11 is 0. The quantitative estimate of drug-likeness (QED) is 0.764. The average Bonchev–Trinajstić information content (AvgIpc) is 2.35. The highest BCUT2D eigenvalue weighted by Crippen LogP contribution is 2.32. The molecule has 0 aliphatic rings. The lowest BCUT2D eigenvalue weighted by Crippen LogP contribution is -2.33. The molecule has 18 heavy (non-hydrogen) atoms. The predicted molar refractivity (Wildman–Crippen MR) is 75.2 cm³/mol. The van der Waals surface area contributed by atoms with Gasteiger partial charge >= 0.3 is 0 Å². The van der Waals surface area contributed by atoms with Gasteiger partial charge in [0.1, 0.15) is 5.75 Å². The number of ether oxygens (including phenoxy) is 1. The van der Waals surface area contributed by atoms with Crippen molar-refractivity contribution in [1.29, 1.82) is 0 Å². The smallest absolute Gasteiger partial charge is 0.122 e. The zero-order valence-electron chi connectivity index (χ0n) is 12.1. The van der Waals surface area contributed by atoms with E-state index < -0.39 is 0 Å². The van der Waals surface area contributed by atoms with Crippen LogP contribution < -0.4 is 10.1 Å². The summed E-state index contributed by atoms with van der Waals surface area (Å²) in [4.78, 5) is 0. The minimum absolute atomic E-state index is 0.0105. The van der Waals surface area contributed by atoms with Gasteiger partial charge in [0.15, 0.2) is 0 Å². The van der Waals surface area contributed by atoms with Crippen molar-refractivity contribution in [3.63, 3.8) is 0 Å². The Hall–Kier alpha value is -1.06. The van der Waals surface area contributed by atoms with E-state index >= 15 is 0 Å². The van der Waals surface area contributed by atoms with Crippen LogP contribution >= 0.6 is 0 Å². The Balaban J connectivity index is 3.07. The van der Waals surface area contributed by atoms with Crippen molar-refractivity contribution in [3.05, 3.63) is 29.3 Å². The molecule has 0 heterocycles. The molecule has 0 aliphatic heterocycles. The summed E-state index contributed by atoms with van der Waals surface area (Å²) in [6.07, 6.45) is 0. The molecule has 1 rings (SSSR count). The fourth-order valence-electron chi connectivity index (χ4n) is 2.08. The van der Waals surface area contributed by atoms with Gasteiger partial charge < -0.3 is 9.84 Å². The fraction of sp³-hybridized carbons (Fsp3) is 0.600. The van der Waals surface area contributed by atoms with Crippen LogP contribution in [-0.2, 0) is 5.41 Å². The molecule has 0 saturated heterocycles. The van der Waals surface area contributed by atoms with Gasteiger partial charge in [0, 0.05) is 12.0 Å². The lowest BCUT2D eigenvalue weighted by molar-refractivity contribution is 0.247. The van der Waals surface area contributed by atoms with Crippen LogP contribution in [-0.4, -0.2) is 25.5 Å². The third-order valence-corrected chi connectivity index (χ3v) is 3.31. The second-order valence-corrected chi connectivity index (χ2v) is 5.58. The van der Waals surface area contributed by atoms with Crippen LogP contribution in [0.4, 0.5) is 0 Å². The lowest BCUT2D eigenvalue weighted by atomic mass is 9.82. The monoisotopic (exact) mass is 251 g/mol. The van der Waals surface area contributed by atoms with Crippen LogP contribution in [0.25, 0.3) is 0 Å². The lowest BCUT2D eigenvalue weighted by Gasteiger charge is -2.27. The molecule has 102 valence electrons. The van der Waals surface area contributed by atoms with Crippen LogP contribution in [0.3, 0.4) is 0 Å². The summed E-state index contributed by atoms with van der Waals surface area (Å²) in [5.41, 5.74) is 2.47. The molecule has 2 N–H and O–H groups in total. The van der Waals surface area contributed by atoms with Crippen LogP contribution in [0.1, 0.15) is 44.7 Å². The highest BCUT2D eigenvalue weighted by atomic mass is 16.5. The van der Waals surface area contributed by atoms with Gasteiger partial charge in [-0.05, 0) is 23.1 Å². The zero-order valence-corrected chi connectivity index (χ0v) is 12.1. The van der Waals surface area contributed by atoms with E-state index in [4.69, 9.17) is 9.84 Å². The van der Waals surface area contributed by atoms with E-state index in [2.05, 4.69) is 45.1 Å². The van der Waals surface area contributed by atoms with E-state index in [-0.39, 0.29) is 12.1 Å². The molecule has 1 aromatic carbocycles. The molecule has 0 spiro atoms. The first-order valence-electron chi connectivity index (χ1n) is 6.42. The second-order valence-electron chi connectivity index (χ2n) is 5.58. The number of benzene rings is 1. The van der Waals surface area contributed by atoms with Crippen LogP contribution in [0.15, 0.2) is 18.2 Å². The molecule has 0 saturated carbocycles. The Morgan fingerprint density at radius 2 is 2.00 bits per heavy atom. The third kappa shape index (κ3) is 3.47. The third-order valence-electron chi connectivity index (χ3n) is 3.31. The Labute approximate surface area is 110 Å². The Kier molecular flexibility index (Phi) is 5.17. The van der Waals surface area contributed by atoms with E-state index in [0.29, 0.717) is 5.92 Å². The van der Waals surface area contributed by atoms with Gasteiger partial charge in [-0.1, -0.05) is 39.8 Å². The van der Waals surface area contributed by atoms with E-state index in [1.54, 1.807) is 7.11 Å². The standard InChI is InChI=1S/C15H25NO2/c1-11(2)13-8-12(6-7-14(13)18-5)15(3,4)9-16-10-17/h6-8,11,16-17H,9-10H2,1-5H3. The molecule has 0 atom stereocenters. The first-order valence-corrected chi connectivity index (χ1v) is 6.42. The molecule has 0 aromatic heterocycles. The molecular weight excluding hydrogens is 226 g/mol. The molecule has 3 nitrogen and oxygen atoms in total. The van der Waals surface area contributed by atoms with Crippen molar-refractivity contribution in [2.75, 3.05) is 20.4 Å². The maximum Gasteiger partial charge on any atom is 0.122 e. The second kappa shape index (κ2) is 6.21. The van der Waals surface area contributed by atoms with Gasteiger partial charge in [-0.25, -0.2) is 0 Å². The van der Waals surface area contributed by atoms with E-state index in [1.807, 2.05) is 6.07 Å². The van der Waals surface area contributed by atoms with Gasteiger partial charge in [0.25, 0.3) is 0 Å². The SMILES string of the molecule is COc1ccc(C(C)(C)CNCO)cc1C(C)C. The zero-order chi connectivity index (χ0) is 13.8. The summed E-state index contributed by atoms with van der Waals surface area (Å²) in [5.74, 6) is 1.38. The topological polar surface area (TPSA) is 41.5 Å². The highest BCUT2D eigenvalue weighted by Gasteiger charge is 2.21. The molecule has 0 radical (unpaired) electrons. The summed E-state index contributed by atoms with van der Waals surface area (Å²) in [5, 5.41) is 11.9. The minimum Gasteiger partial charge on any atom is -0.496 e.